The van der Waals surface area contributed by atoms with E-state index in [0.717, 1.165) is 28.7 Å². The van der Waals surface area contributed by atoms with Crippen LogP contribution in [-0.2, 0) is 17.8 Å². The highest BCUT2D eigenvalue weighted by molar-refractivity contribution is 5.83. The summed E-state index contributed by atoms with van der Waals surface area (Å²) in [5.74, 6) is 1.04. The Morgan fingerprint density at radius 3 is 2.64 bits per heavy atom. The number of hydrogen-bond donors (Lipinski definition) is 1. The lowest BCUT2D eigenvalue weighted by molar-refractivity contribution is -0.132. The van der Waals surface area contributed by atoms with Crippen LogP contribution in [0.2, 0.25) is 0 Å². The zero-order valence-electron chi connectivity index (χ0n) is 14.4. The van der Waals surface area contributed by atoms with Gasteiger partial charge < -0.3 is 19.2 Å². The molecule has 0 spiro atoms. The van der Waals surface area contributed by atoms with Crippen molar-refractivity contribution in [3.63, 3.8) is 0 Å². The Morgan fingerprint density at radius 2 is 1.88 bits per heavy atom. The van der Waals surface area contributed by atoms with E-state index >= 15 is 0 Å². The molecule has 2 aromatic carbocycles. The number of carbonyl (C=O) groups is 1. The van der Waals surface area contributed by atoms with Crippen LogP contribution in [0.3, 0.4) is 0 Å². The second kappa shape index (κ2) is 7.30. The number of para-hydroxylation sites is 3. The molecule has 1 N–H and O–H groups in total. The molecule has 0 saturated carbocycles. The Hall–Kier alpha value is -2.95. The van der Waals surface area contributed by atoms with Gasteiger partial charge in [0.2, 0.25) is 0 Å². The molecule has 3 aromatic rings. The molecule has 5 heteroatoms. The van der Waals surface area contributed by atoms with Gasteiger partial charge in [-0.05, 0) is 18.2 Å². The van der Waals surface area contributed by atoms with E-state index < -0.39 is 0 Å². The van der Waals surface area contributed by atoms with Crippen molar-refractivity contribution in [1.29, 1.82) is 0 Å². The van der Waals surface area contributed by atoms with Gasteiger partial charge in [0.25, 0.3) is 5.91 Å². The number of furan rings is 1. The Bertz CT molecular complexity index is 884. The van der Waals surface area contributed by atoms with Gasteiger partial charge in [0.15, 0.2) is 18.1 Å². The molecule has 1 aromatic heterocycles. The quantitative estimate of drug-likeness (QED) is 0.743. The van der Waals surface area contributed by atoms with E-state index in [2.05, 4.69) is 0 Å². The number of phenolic OH excluding ortho intramolecular Hbond substituents is 1. The number of likely N-dealkylation sites (N-methyl/N-ethyl adjacent to an activating group) is 1. The number of benzene rings is 2. The maximum atomic E-state index is 12.4. The number of ether oxygens (including phenoxy) is 1. The smallest absolute Gasteiger partial charge is 0.260 e. The fraction of sp³-hybridized carbons (Fsp3) is 0.250. The SMILES string of the molecule is CCc1oc2ccccc2c1CN(C)C(=O)COc1ccccc1O. The number of amides is 1. The molecule has 0 aliphatic heterocycles. The molecule has 0 aliphatic carbocycles. The summed E-state index contributed by atoms with van der Waals surface area (Å²) in [7, 11) is 1.73. The van der Waals surface area contributed by atoms with Crippen LogP contribution >= 0.6 is 0 Å². The Kier molecular flexibility index (Phi) is 4.93. The lowest BCUT2D eigenvalue weighted by Crippen LogP contribution is -2.31. The molecule has 0 atom stereocenters. The van der Waals surface area contributed by atoms with Crippen molar-refractivity contribution in [2.45, 2.75) is 19.9 Å². The van der Waals surface area contributed by atoms with Crippen molar-refractivity contribution < 1.29 is 19.1 Å². The number of carbonyl (C=O) groups excluding carboxylic acids is 1. The first kappa shape index (κ1) is 16.9. The molecule has 25 heavy (non-hydrogen) atoms. The summed E-state index contributed by atoms with van der Waals surface area (Å²) >= 11 is 0. The molecular weight excluding hydrogens is 318 g/mol. The van der Waals surface area contributed by atoms with Crippen LogP contribution < -0.4 is 4.74 Å². The molecule has 5 nitrogen and oxygen atoms in total. The number of fused-ring (bicyclic) bond motifs is 1. The third-order valence-corrected chi connectivity index (χ3v) is 4.14. The molecule has 130 valence electrons. The fourth-order valence-electron chi connectivity index (χ4n) is 2.76. The van der Waals surface area contributed by atoms with Crippen LogP contribution in [0.1, 0.15) is 18.2 Å². The van der Waals surface area contributed by atoms with Crippen molar-refractivity contribution >= 4 is 16.9 Å². The van der Waals surface area contributed by atoms with Gasteiger partial charge in [-0.1, -0.05) is 37.3 Å². The van der Waals surface area contributed by atoms with E-state index in [1.807, 2.05) is 31.2 Å². The Morgan fingerprint density at radius 1 is 1.16 bits per heavy atom. The summed E-state index contributed by atoms with van der Waals surface area (Å²) in [5.41, 5.74) is 1.86. The van der Waals surface area contributed by atoms with Gasteiger partial charge in [0, 0.05) is 31.0 Å². The van der Waals surface area contributed by atoms with Gasteiger partial charge in [-0.15, -0.1) is 0 Å². The van der Waals surface area contributed by atoms with Gasteiger partial charge in [0.1, 0.15) is 11.3 Å². The maximum Gasteiger partial charge on any atom is 0.260 e. The highest BCUT2D eigenvalue weighted by Gasteiger charge is 2.17. The van der Waals surface area contributed by atoms with Gasteiger partial charge >= 0.3 is 0 Å². The first-order valence-electron chi connectivity index (χ1n) is 8.24. The number of aromatic hydroxyl groups is 1. The summed E-state index contributed by atoms with van der Waals surface area (Å²) < 4.78 is 11.3. The monoisotopic (exact) mass is 339 g/mol. The number of aryl methyl sites for hydroxylation is 1. The molecule has 0 saturated heterocycles. The van der Waals surface area contributed by atoms with Crippen molar-refractivity contribution in [3.8, 4) is 11.5 Å². The van der Waals surface area contributed by atoms with E-state index in [1.54, 1.807) is 30.1 Å². The Labute approximate surface area is 146 Å². The standard InChI is InChI=1S/C20H21NO4/c1-3-17-15(14-8-4-6-10-18(14)25-17)12-21(2)20(23)13-24-19-11-7-5-9-16(19)22/h4-11,22H,3,12-13H2,1-2H3. The molecule has 3 rings (SSSR count). The van der Waals surface area contributed by atoms with Gasteiger partial charge in [-0.3, -0.25) is 4.79 Å². The molecule has 0 fully saturated rings. The molecule has 0 bridgehead atoms. The van der Waals surface area contributed by atoms with Crippen LogP contribution in [-0.4, -0.2) is 29.6 Å². The van der Waals surface area contributed by atoms with Gasteiger partial charge in [-0.25, -0.2) is 0 Å². The predicted molar refractivity (Wildman–Crippen MR) is 95.7 cm³/mol. The Balaban J connectivity index is 1.70. The second-order valence-corrected chi connectivity index (χ2v) is 5.86. The zero-order chi connectivity index (χ0) is 17.8. The first-order chi connectivity index (χ1) is 12.1. The van der Waals surface area contributed by atoms with Crippen LogP contribution in [0.4, 0.5) is 0 Å². The van der Waals surface area contributed by atoms with Crippen molar-refractivity contribution in [2.75, 3.05) is 13.7 Å². The summed E-state index contributed by atoms with van der Waals surface area (Å²) in [5, 5.41) is 10.7. The average Bonchev–Trinajstić information content (AvgIpc) is 2.98. The van der Waals surface area contributed by atoms with Crippen LogP contribution in [0, 0.1) is 0 Å². The summed E-state index contributed by atoms with van der Waals surface area (Å²) in [6.07, 6.45) is 0.764. The van der Waals surface area contributed by atoms with E-state index in [1.165, 1.54) is 6.07 Å². The van der Waals surface area contributed by atoms with Crippen molar-refractivity contribution in [3.05, 3.63) is 59.9 Å². The van der Waals surface area contributed by atoms with Crippen LogP contribution in [0.15, 0.2) is 52.9 Å². The molecular formula is C20H21NO4. The number of nitrogens with zero attached hydrogens (tertiary/aromatic N) is 1. The van der Waals surface area contributed by atoms with E-state index in [0.29, 0.717) is 12.3 Å². The van der Waals surface area contributed by atoms with E-state index in [4.69, 9.17) is 9.15 Å². The molecule has 0 aliphatic rings. The largest absolute Gasteiger partial charge is 0.504 e. The highest BCUT2D eigenvalue weighted by atomic mass is 16.5. The third-order valence-electron chi connectivity index (χ3n) is 4.14. The van der Waals surface area contributed by atoms with Crippen molar-refractivity contribution in [1.82, 2.24) is 4.90 Å². The number of hydrogen-bond acceptors (Lipinski definition) is 4. The van der Waals surface area contributed by atoms with Crippen LogP contribution in [0.25, 0.3) is 11.0 Å². The van der Waals surface area contributed by atoms with E-state index in [9.17, 15) is 9.90 Å². The maximum absolute atomic E-state index is 12.4. The average molecular weight is 339 g/mol. The van der Waals surface area contributed by atoms with Gasteiger partial charge in [0.05, 0.1) is 0 Å². The fourth-order valence-corrected chi connectivity index (χ4v) is 2.76. The van der Waals surface area contributed by atoms with E-state index in [-0.39, 0.29) is 18.3 Å². The zero-order valence-corrected chi connectivity index (χ0v) is 14.4. The molecule has 0 radical (unpaired) electrons. The molecule has 1 amide bonds. The minimum absolute atomic E-state index is 0.0204. The highest BCUT2D eigenvalue weighted by Crippen LogP contribution is 2.28. The predicted octanol–water partition coefficient (Wildman–Crippen LogP) is 3.74. The summed E-state index contributed by atoms with van der Waals surface area (Å²) in [4.78, 5) is 14.0. The minimum atomic E-state index is -0.171. The first-order valence-corrected chi connectivity index (χ1v) is 8.24. The number of phenols is 1. The second-order valence-electron chi connectivity index (χ2n) is 5.86. The molecule has 0 unspecified atom stereocenters. The normalized spacial score (nSPS) is 10.8. The third kappa shape index (κ3) is 3.60. The summed E-state index contributed by atoms with van der Waals surface area (Å²) in [6.45, 7) is 2.35. The minimum Gasteiger partial charge on any atom is -0.504 e. The van der Waals surface area contributed by atoms with Crippen molar-refractivity contribution in [2.24, 2.45) is 0 Å². The lowest BCUT2D eigenvalue weighted by atomic mass is 10.1. The lowest BCUT2D eigenvalue weighted by Gasteiger charge is -2.18. The number of rotatable bonds is 6. The summed E-state index contributed by atoms with van der Waals surface area (Å²) in [6, 6.07) is 14.4. The molecule has 1 heterocycles. The topological polar surface area (TPSA) is 62.9 Å². The van der Waals surface area contributed by atoms with Gasteiger partial charge in [-0.2, -0.15) is 0 Å². The van der Waals surface area contributed by atoms with Crippen LogP contribution in [0.5, 0.6) is 11.5 Å².